The van der Waals surface area contributed by atoms with Crippen molar-refractivity contribution in [3.05, 3.63) is 71.1 Å². The quantitative estimate of drug-likeness (QED) is 0.530. The lowest BCUT2D eigenvalue weighted by atomic mass is 10.1. The smallest absolute Gasteiger partial charge is 0.265 e. The summed E-state index contributed by atoms with van der Waals surface area (Å²) in [7, 11) is 0. The van der Waals surface area contributed by atoms with Crippen LogP contribution in [0.1, 0.15) is 15.2 Å². The molecule has 4 aromatic rings. The highest BCUT2D eigenvalue weighted by atomic mass is 32.1. The lowest BCUT2D eigenvalue weighted by Gasteiger charge is -2.04. The summed E-state index contributed by atoms with van der Waals surface area (Å²) < 4.78 is 1.13. The number of thiophene rings is 1. The molecule has 2 heterocycles. The van der Waals surface area contributed by atoms with E-state index in [4.69, 9.17) is 5.73 Å². The molecule has 0 spiro atoms. The first kappa shape index (κ1) is 17.4. The first-order valence-corrected chi connectivity index (χ1v) is 9.86. The highest BCUT2D eigenvalue weighted by Crippen LogP contribution is 2.34. The monoisotopic (exact) mass is 393 g/mol. The Morgan fingerprint density at radius 2 is 1.74 bits per heavy atom. The van der Waals surface area contributed by atoms with E-state index in [1.807, 2.05) is 36.4 Å². The van der Waals surface area contributed by atoms with Crippen molar-refractivity contribution in [1.82, 2.24) is 4.98 Å². The maximum absolute atomic E-state index is 12.5. The van der Waals surface area contributed by atoms with E-state index in [1.165, 1.54) is 11.3 Å². The van der Waals surface area contributed by atoms with Crippen LogP contribution in [0.4, 0.5) is 5.69 Å². The first-order chi connectivity index (χ1) is 13.1. The number of nitrogens with two attached hydrogens (primary N) is 1. The molecule has 0 aliphatic rings. The van der Waals surface area contributed by atoms with Crippen LogP contribution in [0.15, 0.2) is 60.7 Å². The lowest BCUT2D eigenvalue weighted by Crippen LogP contribution is -2.14. The van der Waals surface area contributed by atoms with Gasteiger partial charge in [-0.1, -0.05) is 24.3 Å². The van der Waals surface area contributed by atoms with Crippen LogP contribution in [0.3, 0.4) is 0 Å². The molecular weight excluding hydrogens is 378 g/mol. The topological polar surface area (TPSA) is 85.1 Å². The van der Waals surface area contributed by atoms with Crippen LogP contribution in [-0.2, 0) is 11.2 Å². The van der Waals surface area contributed by atoms with Gasteiger partial charge in [0.05, 0.1) is 26.4 Å². The summed E-state index contributed by atoms with van der Waals surface area (Å²) in [6.07, 6.45) is 0.185. The minimum absolute atomic E-state index is 0.171. The number of carbonyl (C=O) groups excluding carboxylic acids is 2. The van der Waals surface area contributed by atoms with Crippen LogP contribution in [0.5, 0.6) is 0 Å². The van der Waals surface area contributed by atoms with Crippen molar-refractivity contribution in [2.45, 2.75) is 6.42 Å². The molecule has 0 fully saturated rings. The van der Waals surface area contributed by atoms with E-state index in [0.29, 0.717) is 10.6 Å². The molecule has 0 saturated carbocycles. The molecule has 0 unspecified atom stereocenters. The average Bonchev–Trinajstić information content (AvgIpc) is 3.29. The van der Waals surface area contributed by atoms with Gasteiger partial charge in [0.15, 0.2) is 0 Å². The molecule has 7 heteroatoms. The zero-order valence-electron chi connectivity index (χ0n) is 14.1. The molecule has 3 N–H and O–H groups in total. The number of rotatable bonds is 5. The molecule has 0 aliphatic carbocycles. The maximum Gasteiger partial charge on any atom is 0.265 e. The minimum Gasteiger partial charge on any atom is -0.369 e. The van der Waals surface area contributed by atoms with Crippen molar-refractivity contribution in [2.75, 3.05) is 5.32 Å². The summed E-state index contributed by atoms with van der Waals surface area (Å²) in [6.45, 7) is 0. The lowest BCUT2D eigenvalue weighted by molar-refractivity contribution is -0.117. The molecule has 5 nitrogen and oxygen atoms in total. The van der Waals surface area contributed by atoms with Gasteiger partial charge in [-0.15, -0.1) is 22.7 Å². The van der Waals surface area contributed by atoms with Crippen molar-refractivity contribution >= 4 is 50.4 Å². The van der Waals surface area contributed by atoms with Crippen molar-refractivity contribution in [1.29, 1.82) is 0 Å². The molecule has 0 aliphatic heterocycles. The van der Waals surface area contributed by atoms with Crippen molar-refractivity contribution in [3.8, 4) is 9.88 Å². The van der Waals surface area contributed by atoms with E-state index in [0.717, 1.165) is 25.7 Å². The van der Waals surface area contributed by atoms with Gasteiger partial charge in [0.25, 0.3) is 5.91 Å². The number of carbonyl (C=O) groups is 2. The molecule has 4 rings (SSSR count). The third-order valence-electron chi connectivity index (χ3n) is 3.92. The Morgan fingerprint density at radius 1 is 0.963 bits per heavy atom. The summed E-state index contributed by atoms with van der Waals surface area (Å²) in [5, 5.41) is 3.78. The third kappa shape index (κ3) is 3.89. The predicted molar refractivity (Wildman–Crippen MR) is 110 cm³/mol. The summed E-state index contributed by atoms with van der Waals surface area (Å²) >= 11 is 3.03. The number of anilines is 1. The van der Waals surface area contributed by atoms with E-state index in [2.05, 4.69) is 10.3 Å². The number of aromatic nitrogens is 1. The molecule has 2 amide bonds. The molecule has 134 valence electrons. The Balaban J connectivity index is 1.49. The van der Waals surface area contributed by atoms with Crippen molar-refractivity contribution < 1.29 is 9.59 Å². The van der Waals surface area contributed by atoms with Crippen LogP contribution in [0.25, 0.3) is 20.1 Å². The van der Waals surface area contributed by atoms with E-state index in [9.17, 15) is 9.59 Å². The number of benzene rings is 2. The zero-order chi connectivity index (χ0) is 18.8. The first-order valence-electron chi connectivity index (χ1n) is 8.23. The maximum atomic E-state index is 12.5. The molecule has 2 aromatic heterocycles. The molecular formula is C20H15N3O2S2. The second kappa shape index (κ2) is 7.30. The van der Waals surface area contributed by atoms with Gasteiger partial charge in [-0.2, -0.15) is 0 Å². The predicted octanol–water partition coefficient (Wildman–Crippen LogP) is 4.30. The Labute approximate surface area is 163 Å². The summed E-state index contributed by atoms with van der Waals surface area (Å²) in [5.74, 6) is -0.553. The van der Waals surface area contributed by atoms with Crippen LogP contribution in [-0.4, -0.2) is 16.8 Å². The Bertz CT molecular complexity index is 1100. The second-order valence-corrected chi connectivity index (χ2v) is 8.06. The SMILES string of the molecule is NC(=O)Cc1ccc(NC(=O)c2ccc(-c3nc4ccccc4s3)s2)cc1. The highest BCUT2D eigenvalue weighted by Gasteiger charge is 2.13. The van der Waals surface area contributed by atoms with Gasteiger partial charge >= 0.3 is 0 Å². The van der Waals surface area contributed by atoms with Crippen LogP contribution >= 0.6 is 22.7 Å². The molecule has 0 saturated heterocycles. The largest absolute Gasteiger partial charge is 0.369 e. The van der Waals surface area contributed by atoms with Crippen LogP contribution in [0.2, 0.25) is 0 Å². The molecule has 0 radical (unpaired) electrons. The normalized spacial score (nSPS) is 10.8. The average molecular weight is 393 g/mol. The number of amides is 2. The second-order valence-electron chi connectivity index (χ2n) is 5.94. The fourth-order valence-electron chi connectivity index (χ4n) is 2.65. The third-order valence-corrected chi connectivity index (χ3v) is 6.21. The van der Waals surface area contributed by atoms with E-state index >= 15 is 0 Å². The van der Waals surface area contributed by atoms with Gasteiger partial charge in [0, 0.05) is 5.69 Å². The number of hydrogen-bond acceptors (Lipinski definition) is 5. The molecule has 27 heavy (non-hydrogen) atoms. The zero-order valence-corrected chi connectivity index (χ0v) is 15.8. The highest BCUT2D eigenvalue weighted by molar-refractivity contribution is 7.26. The van der Waals surface area contributed by atoms with Gasteiger partial charge in [-0.3, -0.25) is 9.59 Å². The van der Waals surface area contributed by atoms with Crippen molar-refractivity contribution in [2.24, 2.45) is 5.73 Å². The van der Waals surface area contributed by atoms with E-state index < -0.39 is 0 Å². The summed E-state index contributed by atoms with van der Waals surface area (Å²) in [4.78, 5) is 29.7. The minimum atomic E-state index is -0.382. The number of thiazole rings is 1. The molecule has 2 aromatic carbocycles. The Morgan fingerprint density at radius 3 is 2.48 bits per heavy atom. The van der Waals surface area contributed by atoms with E-state index in [1.54, 1.807) is 35.6 Å². The molecule has 0 bridgehead atoms. The number of nitrogens with zero attached hydrogens (tertiary/aromatic N) is 1. The van der Waals surface area contributed by atoms with Crippen LogP contribution in [0, 0.1) is 0 Å². The van der Waals surface area contributed by atoms with Gasteiger partial charge < -0.3 is 11.1 Å². The summed E-state index contributed by atoms with van der Waals surface area (Å²) in [5.41, 5.74) is 7.63. The van der Waals surface area contributed by atoms with Gasteiger partial charge in [0.1, 0.15) is 5.01 Å². The van der Waals surface area contributed by atoms with Crippen molar-refractivity contribution in [3.63, 3.8) is 0 Å². The number of para-hydroxylation sites is 1. The molecule has 0 atom stereocenters. The number of nitrogens with one attached hydrogen (secondary N) is 1. The van der Waals surface area contributed by atoms with Gasteiger partial charge in [-0.25, -0.2) is 4.98 Å². The fourth-order valence-corrected chi connectivity index (χ4v) is 4.57. The standard InChI is InChI=1S/C20H15N3O2S2/c21-18(24)11-12-5-7-13(8-6-12)22-19(25)16-9-10-17(26-16)20-23-14-3-1-2-4-15(14)27-20/h1-10H,11H2,(H2,21,24)(H,22,25). The van der Waals surface area contributed by atoms with E-state index in [-0.39, 0.29) is 18.2 Å². The number of primary amides is 1. The van der Waals surface area contributed by atoms with Gasteiger partial charge in [-0.05, 0) is 42.0 Å². The van der Waals surface area contributed by atoms with Crippen LogP contribution < -0.4 is 11.1 Å². The fraction of sp³-hybridized carbons (Fsp3) is 0.0500. The number of fused-ring (bicyclic) bond motifs is 1. The Hall–Kier alpha value is -3.03. The Kier molecular flexibility index (Phi) is 4.70. The van der Waals surface area contributed by atoms with Gasteiger partial charge in [0.2, 0.25) is 5.91 Å². The number of hydrogen-bond donors (Lipinski definition) is 2. The summed E-state index contributed by atoms with van der Waals surface area (Å²) in [6, 6.07) is 18.8.